The quantitative estimate of drug-likeness (QED) is 0.573. The van der Waals surface area contributed by atoms with Crippen molar-refractivity contribution in [3.05, 3.63) is 58.4 Å². The molecule has 0 spiro atoms. The summed E-state index contributed by atoms with van der Waals surface area (Å²) in [5.41, 5.74) is 3.84. The standard InChI is InChI=1S/C21H26N2O4/c1-5-23-14(2)12-19(15(23)3)21(26)27-13-20(25)18-8-6-17(7-9-18)10-11-22-16(4)24/h6-9,12H,5,10-11,13H2,1-4H3,(H,22,24). The van der Waals surface area contributed by atoms with E-state index in [1.165, 1.54) is 6.92 Å². The lowest BCUT2D eigenvalue weighted by atomic mass is 10.1. The molecule has 1 aromatic carbocycles. The number of hydrogen-bond donors (Lipinski definition) is 1. The van der Waals surface area contributed by atoms with Crippen molar-refractivity contribution in [3.63, 3.8) is 0 Å². The molecule has 1 amide bonds. The number of aromatic nitrogens is 1. The first-order valence-electron chi connectivity index (χ1n) is 9.04. The number of rotatable bonds is 8. The van der Waals surface area contributed by atoms with Crippen LogP contribution in [0.15, 0.2) is 30.3 Å². The largest absolute Gasteiger partial charge is 0.454 e. The molecule has 144 valence electrons. The van der Waals surface area contributed by atoms with E-state index in [1.54, 1.807) is 18.2 Å². The highest BCUT2D eigenvalue weighted by Crippen LogP contribution is 2.16. The van der Waals surface area contributed by atoms with Crippen molar-refractivity contribution < 1.29 is 19.1 Å². The van der Waals surface area contributed by atoms with Gasteiger partial charge in [-0.3, -0.25) is 9.59 Å². The van der Waals surface area contributed by atoms with E-state index in [9.17, 15) is 14.4 Å². The predicted molar refractivity (Wildman–Crippen MR) is 103 cm³/mol. The van der Waals surface area contributed by atoms with Crippen LogP contribution >= 0.6 is 0 Å². The van der Waals surface area contributed by atoms with Crippen molar-refractivity contribution >= 4 is 17.7 Å². The van der Waals surface area contributed by atoms with E-state index in [0.29, 0.717) is 24.1 Å². The van der Waals surface area contributed by atoms with E-state index >= 15 is 0 Å². The Bertz CT molecular complexity index is 835. The van der Waals surface area contributed by atoms with Crippen LogP contribution < -0.4 is 5.32 Å². The third-order valence-corrected chi connectivity index (χ3v) is 4.51. The maximum Gasteiger partial charge on any atom is 0.340 e. The third kappa shape index (κ3) is 5.29. The summed E-state index contributed by atoms with van der Waals surface area (Å²) in [6.45, 7) is 8.33. The summed E-state index contributed by atoms with van der Waals surface area (Å²) in [5.74, 6) is -0.799. The number of ketones is 1. The van der Waals surface area contributed by atoms with Crippen molar-refractivity contribution in [3.8, 4) is 0 Å². The minimum Gasteiger partial charge on any atom is -0.454 e. The van der Waals surface area contributed by atoms with E-state index < -0.39 is 5.97 Å². The Balaban J connectivity index is 1.91. The molecule has 0 saturated heterocycles. The van der Waals surface area contributed by atoms with Gasteiger partial charge in [0.2, 0.25) is 5.91 Å². The molecule has 0 aliphatic heterocycles. The first-order valence-corrected chi connectivity index (χ1v) is 9.04. The van der Waals surface area contributed by atoms with Gasteiger partial charge in [-0.25, -0.2) is 4.79 Å². The van der Waals surface area contributed by atoms with Crippen molar-refractivity contribution in [1.82, 2.24) is 9.88 Å². The summed E-state index contributed by atoms with van der Waals surface area (Å²) >= 11 is 0. The molecule has 0 saturated carbocycles. The van der Waals surface area contributed by atoms with Crippen LogP contribution in [0.3, 0.4) is 0 Å². The minimum atomic E-state index is -0.483. The van der Waals surface area contributed by atoms with Gasteiger partial charge in [0.05, 0.1) is 5.56 Å². The van der Waals surface area contributed by atoms with Gasteiger partial charge in [-0.1, -0.05) is 24.3 Å². The maximum atomic E-state index is 12.3. The number of amides is 1. The maximum absolute atomic E-state index is 12.3. The number of nitrogens with zero attached hydrogens (tertiary/aromatic N) is 1. The number of nitrogens with one attached hydrogen (secondary N) is 1. The summed E-state index contributed by atoms with van der Waals surface area (Å²) < 4.78 is 7.24. The third-order valence-electron chi connectivity index (χ3n) is 4.51. The Kier molecular flexibility index (Phi) is 6.93. The summed E-state index contributed by atoms with van der Waals surface area (Å²) in [4.78, 5) is 35.4. The molecule has 0 aliphatic carbocycles. The average molecular weight is 370 g/mol. The monoisotopic (exact) mass is 370 g/mol. The number of benzene rings is 1. The Hall–Kier alpha value is -2.89. The van der Waals surface area contributed by atoms with E-state index in [2.05, 4.69) is 5.32 Å². The molecule has 6 nitrogen and oxygen atoms in total. The molecule has 2 rings (SSSR count). The molecule has 1 aromatic heterocycles. The molecule has 0 bridgehead atoms. The van der Waals surface area contributed by atoms with Gasteiger partial charge in [0.15, 0.2) is 12.4 Å². The van der Waals surface area contributed by atoms with Crippen LogP contribution in [0.5, 0.6) is 0 Å². The average Bonchev–Trinajstić information content (AvgIpc) is 2.93. The zero-order valence-corrected chi connectivity index (χ0v) is 16.3. The van der Waals surface area contributed by atoms with Crippen LogP contribution in [0.4, 0.5) is 0 Å². The second-order valence-corrected chi connectivity index (χ2v) is 6.46. The molecule has 0 fully saturated rings. The van der Waals surface area contributed by atoms with Crippen LogP contribution in [-0.4, -0.2) is 35.4 Å². The van der Waals surface area contributed by atoms with Crippen molar-refractivity contribution in [2.75, 3.05) is 13.2 Å². The fourth-order valence-corrected chi connectivity index (χ4v) is 3.03. The molecular weight excluding hydrogens is 344 g/mol. The van der Waals surface area contributed by atoms with Gasteiger partial charge in [0, 0.05) is 37.0 Å². The van der Waals surface area contributed by atoms with E-state index in [1.807, 2.05) is 37.5 Å². The van der Waals surface area contributed by atoms with Crippen LogP contribution in [0.1, 0.15) is 51.5 Å². The number of esters is 1. The summed E-state index contributed by atoms with van der Waals surface area (Å²) in [6, 6.07) is 8.89. The molecule has 27 heavy (non-hydrogen) atoms. The van der Waals surface area contributed by atoms with Crippen LogP contribution in [0.25, 0.3) is 0 Å². The second kappa shape index (κ2) is 9.16. The van der Waals surface area contributed by atoms with Gasteiger partial charge in [-0.05, 0) is 38.8 Å². The number of carbonyl (C=O) groups excluding carboxylic acids is 3. The highest BCUT2D eigenvalue weighted by Gasteiger charge is 2.18. The van der Waals surface area contributed by atoms with E-state index in [4.69, 9.17) is 4.74 Å². The van der Waals surface area contributed by atoms with E-state index in [-0.39, 0.29) is 18.3 Å². The first kappa shape index (κ1) is 20.4. The lowest BCUT2D eigenvalue weighted by molar-refractivity contribution is -0.118. The molecule has 6 heteroatoms. The Morgan fingerprint density at radius 2 is 1.78 bits per heavy atom. The van der Waals surface area contributed by atoms with Crippen LogP contribution in [0.2, 0.25) is 0 Å². The van der Waals surface area contributed by atoms with Gasteiger partial charge in [0.25, 0.3) is 0 Å². The SMILES string of the molecule is CCn1c(C)cc(C(=O)OCC(=O)c2ccc(CCNC(C)=O)cc2)c1C. The Labute approximate surface area is 159 Å². The van der Waals surface area contributed by atoms with Gasteiger partial charge in [0.1, 0.15) is 0 Å². The number of Topliss-reactive ketones (excluding diaryl/α,β-unsaturated/α-hetero) is 1. The fraction of sp³-hybridized carbons (Fsp3) is 0.381. The van der Waals surface area contributed by atoms with Gasteiger partial charge < -0.3 is 14.6 Å². The Morgan fingerprint density at radius 1 is 1.11 bits per heavy atom. The molecule has 1 N–H and O–H groups in total. The number of carbonyl (C=O) groups is 3. The molecule has 2 aromatic rings. The lowest BCUT2D eigenvalue weighted by Gasteiger charge is -2.07. The normalized spacial score (nSPS) is 10.5. The number of ether oxygens (including phenoxy) is 1. The second-order valence-electron chi connectivity index (χ2n) is 6.46. The zero-order chi connectivity index (χ0) is 20.0. The highest BCUT2D eigenvalue weighted by molar-refractivity contribution is 5.99. The summed E-state index contributed by atoms with van der Waals surface area (Å²) in [7, 11) is 0. The number of aryl methyl sites for hydroxylation is 1. The smallest absolute Gasteiger partial charge is 0.340 e. The molecule has 0 radical (unpaired) electrons. The molecule has 0 atom stereocenters. The van der Waals surface area contributed by atoms with Crippen LogP contribution in [0, 0.1) is 13.8 Å². The van der Waals surface area contributed by atoms with Crippen LogP contribution in [-0.2, 0) is 22.5 Å². The Morgan fingerprint density at radius 3 is 2.33 bits per heavy atom. The topological polar surface area (TPSA) is 77.4 Å². The van der Waals surface area contributed by atoms with Gasteiger partial charge >= 0.3 is 5.97 Å². The number of hydrogen-bond acceptors (Lipinski definition) is 4. The minimum absolute atomic E-state index is 0.0664. The van der Waals surface area contributed by atoms with Gasteiger partial charge in [-0.15, -0.1) is 0 Å². The highest BCUT2D eigenvalue weighted by atomic mass is 16.5. The molecule has 0 unspecified atom stereocenters. The molecular formula is C21H26N2O4. The summed E-state index contributed by atoms with van der Waals surface area (Å²) in [6.07, 6.45) is 0.691. The fourth-order valence-electron chi connectivity index (χ4n) is 3.03. The van der Waals surface area contributed by atoms with Gasteiger partial charge in [-0.2, -0.15) is 0 Å². The zero-order valence-electron chi connectivity index (χ0n) is 16.3. The van der Waals surface area contributed by atoms with Crippen molar-refractivity contribution in [2.45, 2.75) is 40.7 Å². The summed E-state index contributed by atoms with van der Waals surface area (Å²) in [5, 5.41) is 2.73. The lowest BCUT2D eigenvalue weighted by Crippen LogP contribution is -2.22. The van der Waals surface area contributed by atoms with E-state index in [0.717, 1.165) is 23.5 Å². The first-order chi connectivity index (χ1) is 12.8. The molecule has 1 heterocycles. The van der Waals surface area contributed by atoms with Crippen molar-refractivity contribution in [2.24, 2.45) is 0 Å². The predicted octanol–water partition coefficient (Wildman–Crippen LogP) is 2.84. The van der Waals surface area contributed by atoms with Crippen molar-refractivity contribution in [1.29, 1.82) is 0 Å². The molecule has 0 aliphatic rings.